The van der Waals surface area contributed by atoms with Crippen molar-refractivity contribution in [2.75, 3.05) is 20.8 Å². The number of rotatable bonds is 6. The minimum absolute atomic E-state index is 0.344. The molecule has 0 amide bonds. The summed E-state index contributed by atoms with van der Waals surface area (Å²) in [6.07, 6.45) is 1.17. The van der Waals surface area contributed by atoms with E-state index in [1.54, 1.807) is 27.2 Å². The predicted molar refractivity (Wildman–Crippen MR) is 68.4 cm³/mol. The van der Waals surface area contributed by atoms with E-state index in [4.69, 9.17) is 14.2 Å². The first-order valence-electron chi connectivity index (χ1n) is 5.58. The summed E-state index contributed by atoms with van der Waals surface area (Å²) in [5, 5.41) is 0. The molecule has 0 aromatic heterocycles. The first kappa shape index (κ1) is 14.0. The summed E-state index contributed by atoms with van der Waals surface area (Å²) in [6.45, 7) is 2.45. The molecule has 0 radical (unpaired) electrons. The van der Waals surface area contributed by atoms with Crippen LogP contribution in [0.5, 0.6) is 11.5 Å². The maximum Gasteiger partial charge on any atom is 0.348 e. The maximum atomic E-state index is 11.1. The summed E-state index contributed by atoms with van der Waals surface area (Å²) in [4.78, 5) is 15.1. The van der Waals surface area contributed by atoms with Gasteiger partial charge in [0.25, 0.3) is 0 Å². The Labute approximate surface area is 106 Å². The Balaban J connectivity index is 2.69. The molecular weight excluding hydrogens is 234 g/mol. The van der Waals surface area contributed by atoms with E-state index in [1.807, 2.05) is 12.1 Å². The highest BCUT2D eigenvalue weighted by Crippen LogP contribution is 2.24. The van der Waals surface area contributed by atoms with Crippen molar-refractivity contribution in [1.29, 1.82) is 0 Å². The molecule has 0 saturated heterocycles. The van der Waals surface area contributed by atoms with Gasteiger partial charge in [0.15, 0.2) is 0 Å². The molecule has 0 unspecified atom stereocenters. The molecule has 5 heteroatoms. The summed E-state index contributed by atoms with van der Waals surface area (Å²) < 4.78 is 15.0. The van der Waals surface area contributed by atoms with Crippen LogP contribution in [0, 0.1) is 0 Å². The second-order valence-corrected chi connectivity index (χ2v) is 3.40. The zero-order valence-electron chi connectivity index (χ0n) is 10.8. The molecule has 1 aromatic rings. The van der Waals surface area contributed by atoms with E-state index < -0.39 is 5.97 Å². The third-order valence-electron chi connectivity index (χ3n) is 2.24. The zero-order valence-corrected chi connectivity index (χ0v) is 10.8. The number of methoxy groups -OCH3 is 2. The first-order chi connectivity index (χ1) is 8.71. The lowest BCUT2D eigenvalue weighted by Crippen LogP contribution is -2.05. The summed E-state index contributed by atoms with van der Waals surface area (Å²) in [7, 11) is 3.17. The van der Waals surface area contributed by atoms with Gasteiger partial charge in [-0.1, -0.05) is 0 Å². The average molecular weight is 251 g/mol. The van der Waals surface area contributed by atoms with E-state index in [-0.39, 0.29) is 0 Å². The van der Waals surface area contributed by atoms with Gasteiger partial charge in [-0.25, -0.2) is 4.79 Å². The lowest BCUT2D eigenvalue weighted by atomic mass is 10.2. The topological polar surface area (TPSA) is 57.1 Å². The van der Waals surface area contributed by atoms with Crippen LogP contribution in [-0.4, -0.2) is 33.0 Å². The fourth-order valence-corrected chi connectivity index (χ4v) is 1.38. The molecule has 0 saturated carbocycles. The standard InChI is InChI=1S/C13H17NO4/c1-4-18-13(15)9-14-8-10-5-6-11(16-2)7-12(10)17-3/h5-7,9H,4,8H2,1-3H3. The smallest absolute Gasteiger partial charge is 0.348 e. The van der Waals surface area contributed by atoms with Gasteiger partial charge in [-0.3, -0.25) is 4.99 Å². The zero-order chi connectivity index (χ0) is 13.4. The Hall–Kier alpha value is -2.04. The molecular formula is C13H17NO4. The second kappa shape index (κ2) is 7.32. The van der Waals surface area contributed by atoms with Crippen LogP contribution in [0.15, 0.2) is 23.2 Å². The lowest BCUT2D eigenvalue weighted by molar-refractivity contribution is -0.134. The maximum absolute atomic E-state index is 11.1. The van der Waals surface area contributed by atoms with Gasteiger partial charge in [-0.05, 0) is 19.1 Å². The number of nitrogens with zero attached hydrogens (tertiary/aromatic N) is 1. The molecule has 0 aliphatic heterocycles. The number of ether oxygens (including phenoxy) is 3. The monoisotopic (exact) mass is 251 g/mol. The van der Waals surface area contributed by atoms with Crippen molar-refractivity contribution < 1.29 is 19.0 Å². The van der Waals surface area contributed by atoms with Crippen molar-refractivity contribution in [1.82, 2.24) is 0 Å². The van der Waals surface area contributed by atoms with Crippen LogP contribution in [0.4, 0.5) is 0 Å². The van der Waals surface area contributed by atoms with Crippen molar-refractivity contribution >= 4 is 12.2 Å². The van der Waals surface area contributed by atoms with Crippen LogP contribution in [0.25, 0.3) is 0 Å². The van der Waals surface area contributed by atoms with Crippen LogP contribution >= 0.6 is 0 Å². The van der Waals surface area contributed by atoms with Gasteiger partial charge in [0.2, 0.25) is 0 Å². The van der Waals surface area contributed by atoms with Crippen LogP contribution in [0.1, 0.15) is 12.5 Å². The summed E-state index contributed by atoms with van der Waals surface area (Å²) in [6, 6.07) is 5.44. The summed E-state index contributed by atoms with van der Waals surface area (Å²) in [5.74, 6) is 0.949. The second-order valence-electron chi connectivity index (χ2n) is 3.40. The molecule has 0 aliphatic rings. The molecule has 98 valence electrons. The Morgan fingerprint density at radius 1 is 1.33 bits per heavy atom. The number of carbonyl (C=O) groups excluding carboxylic acids is 1. The van der Waals surface area contributed by atoms with E-state index in [1.165, 1.54) is 6.21 Å². The van der Waals surface area contributed by atoms with Gasteiger partial charge in [-0.2, -0.15) is 0 Å². The van der Waals surface area contributed by atoms with Crippen LogP contribution < -0.4 is 9.47 Å². The van der Waals surface area contributed by atoms with Crippen molar-refractivity contribution in [2.24, 2.45) is 4.99 Å². The fourth-order valence-electron chi connectivity index (χ4n) is 1.38. The number of hydrogen-bond donors (Lipinski definition) is 0. The van der Waals surface area contributed by atoms with Crippen molar-refractivity contribution in [3.05, 3.63) is 23.8 Å². The molecule has 0 N–H and O–H groups in total. The highest BCUT2D eigenvalue weighted by molar-refractivity contribution is 6.23. The van der Waals surface area contributed by atoms with Crippen LogP contribution in [0.2, 0.25) is 0 Å². The third kappa shape index (κ3) is 4.08. The molecule has 1 rings (SSSR count). The highest BCUT2D eigenvalue weighted by atomic mass is 16.5. The molecule has 0 aliphatic carbocycles. The molecule has 5 nitrogen and oxygen atoms in total. The van der Waals surface area contributed by atoms with Crippen molar-refractivity contribution in [3.63, 3.8) is 0 Å². The Kier molecular flexibility index (Phi) is 5.70. The highest BCUT2D eigenvalue weighted by Gasteiger charge is 2.04. The van der Waals surface area contributed by atoms with Crippen molar-refractivity contribution in [2.45, 2.75) is 13.5 Å². The molecule has 0 heterocycles. The molecule has 1 aromatic carbocycles. The largest absolute Gasteiger partial charge is 0.497 e. The number of aliphatic imine (C=N–C) groups is 1. The number of hydrogen-bond acceptors (Lipinski definition) is 5. The molecule has 0 bridgehead atoms. The Morgan fingerprint density at radius 3 is 2.72 bits per heavy atom. The molecule has 0 spiro atoms. The number of carbonyl (C=O) groups is 1. The van der Waals surface area contributed by atoms with E-state index in [0.29, 0.717) is 24.7 Å². The van der Waals surface area contributed by atoms with E-state index >= 15 is 0 Å². The van der Waals surface area contributed by atoms with Crippen molar-refractivity contribution in [3.8, 4) is 11.5 Å². The first-order valence-corrected chi connectivity index (χ1v) is 5.58. The molecule has 18 heavy (non-hydrogen) atoms. The molecule has 0 fully saturated rings. The predicted octanol–water partition coefficient (Wildman–Crippen LogP) is 1.84. The normalized spacial score (nSPS) is 10.4. The summed E-state index contributed by atoms with van der Waals surface area (Å²) >= 11 is 0. The van der Waals surface area contributed by atoms with E-state index in [9.17, 15) is 4.79 Å². The summed E-state index contributed by atoms with van der Waals surface area (Å²) in [5.41, 5.74) is 0.874. The Bertz CT molecular complexity index is 429. The van der Waals surface area contributed by atoms with Gasteiger partial charge in [-0.15, -0.1) is 0 Å². The quantitative estimate of drug-likeness (QED) is 0.572. The van der Waals surface area contributed by atoms with Gasteiger partial charge in [0, 0.05) is 11.6 Å². The minimum Gasteiger partial charge on any atom is -0.497 e. The van der Waals surface area contributed by atoms with Gasteiger partial charge < -0.3 is 14.2 Å². The average Bonchev–Trinajstić information content (AvgIpc) is 2.39. The van der Waals surface area contributed by atoms with Gasteiger partial charge in [0.1, 0.15) is 17.7 Å². The Morgan fingerprint density at radius 2 is 2.11 bits per heavy atom. The fraction of sp³-hybridized carbons (Fsp3) is 0.385. The van der Waals surface area contributed by atoms with Crippen LogP contribution in [-0.2, 0) is 16.1 Å². The number of esters is 1. The minimum atomic E-state index is -0.440. The van der Waals surface area contributed by atoms with E-state index in [2.05, 4.69) is 4.99 Å². The van der Waals surface area contributed by atoms with Gasteiger partial charge >= 0.3 is 5.97 Å². The SMILES string of the molecule is CCOC(=O)C=NCc1ccc(OC)cc1OC. The molecule has 0 atom stereocenters. The van der Waals surface area contributed by atoms with E-state index in [0.717, 1.165) is 5.56 Å². The number of benzene rings is 1. The van der Waals surface area contributed by atoms with Gasteiger partial charge in [0.05, 0.1) is 27.4 Å². The third-order valence-corrected chi connectivity index (χ3v) is 2.24. The lowest BCUT2D eigenvalue weighted by Gasteiger charge is -2.08. The van der Waals surface area contributed by atoms with Crippen LogP contribution in [0.3, 0.4) is 0 Å².